The fourth-order valence-electron chi connectivity index (χ4n) is 3.11. The van der Waals surface area contributed by atoms with Crippen LogP contribution in [0.3, 0.4) is 0 Å². The zero-order chi connectivity index (χ0) is 19.4. The summed E-state index contributed by atoms with van der Waals surface area (Å²) in [5.74, 6) is 1.01. The standard InChI is InChI=1S/C10H14O2S.C6H13O2P.C3H8/c1-6(13)10(11)12-9-5-7-2-3-8(9)4-7;1-4-9-6(3)8-5(2)7;1-3-2/h7-9,13H,1-5H2;6,9H,4H2,1-3H3;3H2,1-2H3. The molecule has 0 amide bonds. The van der Waals surface area contributed by atoms with Gasteiger partial charge in [-0.2, -0.15) is 0 Å². The van der Waals surface area contributed by atoms with Crippen LogP contribution in [-0.2, 0) is 19.1 Å². The number of hydrogen-bond donors (Lipinski definition) is 1. The van der Waals surface area contributed by atoms with Gasteiger partial charge in [0, 0.05) is 6.92 Å². The second kappa shape index (κ2) is 13.6. The van der Waals surface area contributed by atoms with E-state index in [-0.39, 0.29) is 28.8 Å². The number of ether oxygens (including phenoxy) is 2. The van der Waals surface area contributed by atoms with Crippen molar-refractivity contribution in [3.63, 3.8) is 0 Å². The molecule has 0 aliphatic heterocycles. The Balaban J connectivity index is 0.000000422. The van der Waals surface area contributed by atoms with Crippen LogP contribution in [0.15, 0.2) is 11.5 Å². The lowest BCUT2D eigenvalue weighted by atomic mass is 9.98. The number of fused-ring (bicyclic) bond motifs is 2. The third-order valence-electron chi connectivity index (χ3n) is 4.00. The van der Waals surface area contributed by atoms with Crippen LogP contribution in [-0.4, -0.2) is 30.0 Å². The van der Waals surface area contributed by atoms with Gasteiger partial charge < -0.3 is 9.47 Å². The summed E-state index contributed by atoms with van der Waals surface area (Å²) in [6.45, 7) is 13.1. The minimum atomic E-state index is -0.346. The van der Waals surface area contributed by atoms with Crippen molar-refractivity contribution in [2.75, 3.05) is 6.16 Å². The lowest BCUT2D eigenvalue weighted by Crippen LogP contribution is -2.23. The van der Waals surface area contributed by atoms with E-state index in [1.54, 1.807) is 0 Å². The second-order valence-corrected chi connectivity index (χ2v) is 9.05. The van der Waals surface area contributed by atoms with E-state index >= 15 is 0 Å². The van der Waals surface area contributed by atoms with Gasteiger partial charge in [-0.15, -0.1) is 12.6 Å². The first-order valence-corrected chi connectivity index (χ1v) is 11.0. The first-order chi connectivity index (χ1) is 11.7. The molecule has 2 fully saturated rings. The number of carbonyl (C=O) groups excluding carboxylic acids is 2. The Morgan fingerprint density at radius 1 is 1.24 bits per heavy atom. The highest BCUT2D eigenvalue weighted by atomic mass is 32.1. The third-order valence-corrected chi connectivity index (χ3v) is 5.29. The third kappa shape index (κ3) is 10.9. The van der Waals surface area contributed by atoms with Crippen molar-refractivity contribution in [1.82, 2.24) is 0 Å². The van der Waals surface area contributed by atoms with E-state index in [1.165, 1.54) is 32.6 Å². The van der Waals surface area contributed by atoms with Crippen LogP contribution in [0.1, 0.15) is 66.7 Å². The number of rotatable bonds is 5. The summed E-state index contributed by atoms with van der Waals surface area (Å²) in [5.41, 5.74) is 0. The summed E-state index contributed by atoms with van der Waals surface area (Å²) in [7, 11) is 0.738. The topological polar surface area (TPSA) is 52.6 Å². The Morgan fingerprint density at radius 2 is 1.84 bits per heavy atom. The van der Waals surface area contributed by atoms with E-state index in [1.807, 2.05) is 6.92 Å². The largest absolute Gasteiger partial charge is 0.459 e. The summed E-state index contributed by atoms with van der Waals surface area (Å²) >= 11 is 3.87. The zero-order valence-electron chi connectivity index (χ0n) is 16.3. The molecular formula is C19H35O4PS. The van der Waals surface area contributed by atoms with Crippen molar-refractivity contribution in [2.24, 2.45) is 11.8 Å². The maximum Gasteiger partial charge on any atom is 0.344 e. The molecule has 5 unspecified atom stereocenters. The van der Waals surface area contributed by atoms with Crippen molar-refractivity contribution in [1.29, 1.82) is 0 Å². The van der Waals surface area contributed by atoms with Gasteiger partial charge >= 0.3 is 11.9 Å². The minimum absolute atomic E-state index is 0.118. The van der Waals surface area contributed by atoms with Gasteiger partial charge in [0.2, 0.25) is 0 Å². The average molecular weight is 391 g/mol. The lowest BCUT2D eigenvalue weighted by molar-refractivity contribution is -0.145. The summed E-state index contributed by atoms with van der Waals surface area (Å²) in [6.07, 6.45) is 7.33. The Bertz CT molecular complexity index is 428. The first-order valence-electron chi connectivity index (χ1n) is 9.24. The molecule has 0 aromatic heterocycles. The van der Waals surface area contributed by atoms with E-state index in [0.29, 0.717) is 5.92 Å². The highest BCUT2D eigenvalue weighted by Crippen LogP contribution is 2.46. The molecule has 2 bridgehead atoms. The SMILES string of the molecule is C=C(S)C(=O)OC1CC2CCC1C2.CCC.CCPC(C)OC(C)=O. The second-order valence-electron chi connectivity index (χ2n) is 6.58. The normalized spacial score (nSPS) is 24.6. The van der Waals surface area contributed by atoms with Crippen LogP contribution in [0.5, 0.6) is 0 Å². The van der Waals surface area contributed by atoms with Crippen LogP contribution in [0, 0.1) is 11.8 Å². The van der Waals surface area contributed by atoms with Crippen LogP contribution < -0.4 is 0 Å². The van der Waals surface area contributed by atoms with Gasteiger partial charge in [0.05, 0.1) is 4.91 Å². The monoisotopic (exact) mass is 390 g/mol. The predicted octanol–water partition coefficient (Wildman–Crippen LogP) is 5.17. The van der Waals surface area contributed by atoms with Crippen LogP contribution in [0.2, 0.25) is 0 Å². The van der Waals surface area contributed by atoms with Gasteiger partial charge in [0.15, 0.2) is 0 Å². The maximum atomic E-state index is 11.2. The molecule has 0 heterocycles. The molecule has 0 N–H and O–H groups in total. The fraction of sp³-hybridized carbons (Fsp3) is 0.789. The van der Waals surface area contributed by atoms with Crippen molar-refractivity contribution in [3.8, 4) is 0 Å². The van der Waals surface area contributed by atoms with Gasteiger partial charge in [-0.1, -0.05) is 42.4 Å². The first kappa shape index (κ1) is 24.5. The molecule has 0 aromatic rings. The zero-order valence-corrected chi connectivity index (χ0v) is 18.2. The van der Waals surface area contributed by atoms with Gasteiger partial charge in [0.25, 0.3) is 0 Å². The summed E-state index contributed by atoms with van der Waals surface area (Å²) < 4.78 is 10.2. The lowest BCUT2D eigenvalue weighted by Gasteiger charge is -2.21. The molecule has 146 valence electrons. The van der Waals surface area contributed by atoms with E-state index < -0.39 is 0 Å². The molecule has 2 aliphatic rings. The molecule has 2 aliphatic carbocycles. The Labute approximate surface area is 160 Å². The average Bonchev–Trinajstić information content (AvgIpc) is 3.10. The van der Waals surface area contributed by atoms with Crippen molar-refractivity contribution in [2.45, 2.75) is 78.7 Å². The molecule has 0 saturated heterocycles. The molecular weight excluding hydrogens is 355 g/mol. The highest BCUT2D eigenvalue weighted by molar-refractivity contribution is 7.85. The maximum absolute atomic E-state index is 11.2. The molecule has 25 heavy (non-hydrogen) atoms. The van der Waals surface area contributed by atoms with E-state index in [0.717, 1.165) is 27.1 Å². The number of esters is 2. The quantitative estimate of drug-likeness (QED) is 0.304. The summed E-state index contributed by atoms with van der Waals surface area (Å²) in [4.78, 5) is 21.7. The molecule has 0 radical (unpaired) electrons. The van der Waals surface area contributed by atoms with Gasteiger partial charge in [-0.3, -0.25) is 4.79 Å². The van der Waals surface area contributed by atoms with Gasteiger partial charge in [0.1, 0.15) is 11.9 Å². The minimum Gasteiger partial charge on any atom is -0.459 e. The molecule has 0 aromatic carbocycles. The number of hydrogen-bond acceptors (Lipinski definition) is 5. The summed E-state index contributed by atoms with van der Waals surface area (Å²) in [5, 5.41) is 0. The van der Waals surface area contributed by atoms with E-state index in [2.05, 4.69) is 40.0 Å². The van der Waals surface area contributed by atoms with E-state index in [9.17, 15) is 9.59 Å². The van der Waals surface area contributed by atoms with Crippen LogP contribution in [0.4, 0.5) is 0 Å². The van der Waals surface area contributed by atoms with Crippen molar-refractivity contribution >= 4 is 33.1 Å². The smallest absolute Gasteiger partial charge is 0.344 e. The van der Waals surface area contributed by atoms with Crippen molar-refractivity contribution < 1.29 is 19.1 Å². The van der Waals surface area contributed by atoms with Crippen LogP contribution in [0.25, 0.3) is 0 Å². The Kier molecular flexibility index (Phi) is 13.3. The molecule has 5 atom stereocenters. The number of carbonyl (C=O) groups is 2. The highest BCUT2D eigenvalue weighted by Gasteiger charge is 2.41. The fourth-order valence-corrected chi connectivity index (χ4v) is 3.99. The molecule has 0 spiro atoms. The predicted molar refractivity (Wildman–Crippen MR) is 110 cm³/mol. The Morgan fingerprint density at radius 3 is 2.20 bits per heavy atom. The van der Waals surface area contributed by atoms with Crippen molar-refractivity contribution in [3.05, 3.63) is 11.5 Å². The molecule has 2 saturated carbocycles. The molecule has 4 nitrogen and oxygen atoms in total. The Hall–Kier alpha value is -0.540. The van der Waals surface area contributed by atoms with Gasteiger partial charge in [-0.25, -0.2) is 4.79 Å². The molecule has 2 rings (SSSR count). The van der Waals surface area contributed by atoms with Gasteiger partial charge in [-0.05, 0) is 50.6 Å². The molecule has 6 heteroatoms. The number of thiol groups is 1. The van der Waals surface area contributed by atoms with Crippen LogP contribution >= 0.6 is 21.2 Å². The van der Waals surface area contributed by atoms with E-state index in [4.69, 9.17) is 9.47 Å². The summed E-state index contributed by atoms with van der Waals surface area (Å²) in [6, 6.07) is 0.